The third kappa shape index (κ3) is 2.24. The highest BCUT2D eigenvalue weighted by Crippen LogP contribution is 2.05. The standard InChI is InChI=1S/C11H10N4O/c12-4-10-3-9(1-2-13-10)5-15-6-11(7-16)14-8-15/h1-3,6,8,16H,5,7H2. The molecule has 0 atom stereocenters. The van der Waals surface area contributed by atoms with Gasteiger partial charge in [0.25, 0.3) is 0 Å². The molecular weight excluding hydrogens is 204 g/mol. The molecule has 0 aliphatic heterocycles. The van der Waals surface area contributed by atoms with Crippen molar-refractivity contribution < 1.29 is 5.11 Å². The van der Waals surface area contributed by atoms with E-state index in [2.05, 4.69) is 9.97 Å². The van der Waals surface area contributed by atoms with Crippen LogP contribution in [0, 0.1) is 11.3 Å². The number of hydrogen-bond donors (Lipinski definition) is 1. The number of nitrogens with zero attached hydrogens (tertiary/aromatic N) is 4. The fraction of sp³-hybridized carbons (Fsp3) is 0.182. The van der Waals surface area contributed by atoms with Crippen molar-refractivity contribution in [3.63, 3.8) is 0 Å². The van der Waals surface area contributed by atoms with Crippen molar-refractivity contribution in [3.05, 3.63) is 47.8 Å². The molecule has 1 N–H and O–H groups in total. The summed E-state index contributed by atoms with van der Waals surface area (Å²) in [5.74, 6) is 0. The van der Waals surface area contributed by atoms with Gasteiger partial charge in [0, 0.05) is 18.9 Å². The Bertz CT molecular complexity index is 527. The summed E-state index contributed by atoms with van der Waals surface area (Å²) >= 11 is 0. The molecule has 16 heavy (non-hydrogen) atoms. The van der Waals surface area contributed by atoms with Crippen molar-refractivity contribution in [2.45, 2.75) is 13.2 Å². The van der Waals surface area contributed by atoms with Crippen LogP contribution >= 0.6 is 0 Å². The van der Waals surface area contributed by atoms with Crippen LogP contribution in [0.5, 0.6) is 0 Å². The van der Waals surface area contributed by atoms with Crippen LogP contribution < -0.4 is 0 Å². The molecule has 0 aromatic carbocycles. The molecule has 5 heteroatoms. The van der Waals surface area contributed by atoms with E-state index in [4.69, 9.17) is 10.4 Å². The van der Waals surface area contributed by atoms with E-state index in [9.17, 15) is 0 Å². The van der Waals surface area contributed by atoms with Crippen LogP contribution in [0.3, 0.4) is 0 Å². The van der Waals surface area contributed by atoms with Crippen molar-refractivity contribution >= 4 is 0 Å². The Morgan fingerprint density at radius 3 is 3.00 bits per heavy atom. The molecule has 0 amide bonds. The van der Waals surface area contributed by atoms with Gasteiger partial charge in [0.15, 0.2) is 0 Å². The largest absolute Gasteiger partial charge is 0.390 e. The summed E-state index contributed by atoms with van der Waals surface area (Å²) < 4.78 is 1.85. The maximum atomic E-state index is 8.87. The number of hydrogen-bond acceptors (Lipinski definition) is 4. The average Bonchev–Trinajstić information content (AvgIpc) is 2.77. The lowest BCUT2D eigenvalue weighted by Gasteiger charge is -2.01. The maximum absolute atomic E-state index is 8.87. The van der Waals surface area contributed by atoms with Crippen LogP contribution in [-0.2, 0) is 13.2 Å². The van der Waals surface area contributed by atoms with Crippen LogP contribution in [0.1, 0.15) is 17.0 Å². The number of pyridine rings is 1. The van der Waals surface area contributed by atoms with Crippen LogP contribution in [0.15, 0.2) is 30.9 Å². The van der Waals surface area contributed by atoms with E-state index in [1.807, 2.05) is 16.7 Å². The fourth-order valence-electron chi connectivity index (χ4n) is 1.42. The number of nitriles is 1. The van der Waals surface area contributed by atoms with E-state index in [-0.39, 0.29) is 6.61 Å². The Morgan fingerprint density at radius 1 is 1.44 bits per heavy atom. The Kier molecular flexibility index (Phi) is 2.94. The minimum atomic E-state index is -0.0627. The zero-order chi connectivity index (χ0) is 11.4. The summed E-state index contributed by atoms with van der Waals surface area (Å²) in [6.07, 6.45) is 5.03. The summed E-state index contributed by atoms with van der Waals surface area (Å²) in [6.45, 7) is 0.553. The molecule has 80 valence electrons. The first-order valence-corrected chi connectivity index (χ1v) is 4.78. The van der Waals surface area contributed by atoms with E-state index >= 15 is 0 Å². The molecule has 0 fully saturated rings. The van der Waals surface area contributed by atoms with Gasteiger partial charge in [-0.3, -0.25) is 0 Å². The number of imidazole rings is 1. The molecule has 2 aromatic rings. The molecule has 2 aromatic heterocycles. The molecule has 2 rings (SSSR count). The van der Waals surface area contributed by atoms with Crippen molar-refractivity contribution in [3.8, 4) is 6.07 Å². The van der Waals surface area contributed by atoms with E-state index < -0.39 is 0 Å². The van der Waals surface area contributed by atoms with Gasteiger partial charge in [-0.2, -0.15) is 5.26 Å². The molecule has 0 aliphatic carbocycles. The normalized spacial score (nSPS) is 10.0. The van der Waals surface area contributed by atoms with Crippen molar-refractivity contribution in [1.82, 2.24) is 14.5 Å². The lowest BCUT2D eigenvalue weighted by atomic mass is 10.2. The fourth-order valence-corrected chi connectivity index (χ4v) is 1.42. The first kappa shape index (κ1) is 10.3. The minimum absolute atomic E-state index is 0.0627. The Labute approximate surface area is 92.6 Å². The summed E-state index contributed by atoms with van der Waals surface area (Å²) in [5, 5.41) is 17.6. The molecule has 0 saturated heterocycles. The van der Waals surface area contributed by atoms with Gasteiger partial charge < -0.3 is 9.67 Å². The summed E-state index contributed by atoms with van der Waals surface area (Å²) in [6, 6.07) is 5.57. The molecule has 0 saturated carbocycles. The first-order chi connectivity index (χ1) is 7.81. The lowest BCUT2D eigenvalue weighted by molar-refractivity contribution is 0.277. The zero-order valence-electron chi connectivity index (χ0n) is 8.54. The lowest BCUT2D eigenvalue weighted by Crippen LogP contribution is -1.97. The summed E-state index contributed by atoms with van der Waals surface area (Å²) in [4.78, 5) is 7.90. The third-order valence-electron chi connectivity index (χ3n) is 2.15. The van der Waals surface area contributed by atoms with E-state index in [0.29, 0.717) is 17.9 Å². The number of aliphatic hydroxyl groups excluding tert-OH is 1. The highest BCUT2D eigenvalue weighted by atomic mass is 16.3. The van der Waals surface area contributed by atoms with E-state index in [0.717, 1.165) is 5.56 Å². The third-order valence-corrected chi connectivity index (χ3v) is 2.15. The number of aliphatic hydroxyl groups is 1. The van der Waals surface area contributed by atoms with Gasteiger partial charge in [0.05, 0.1) is 18.6 Å². The molecular formula is C11H10N4O. The number of rotatable bonds is 3. The SMILES string of the molecule is N#Cc1cc(Cn2cnc(CO)c2)ccn1. The quantitative estimate of drug-likeness (QED) is 0.815. The minimum Gasteiger partial charge on any atom is -0.390 e. The Morgan fingerprint density at radius 2 is 2.31 bits per heavy atom. The highest BCUT2D eigenvalue weighted by Gasteiger charge is 2.00. The Balaban J connectivity index is 2.17. The summed E-state index contributed by atoms with van der Waals surface area (Å²) in [7, 11) is 0. The zero-order valence-corrected chi connectivity index (χ0v) is 8.54. The molecule has 0 radical (unpaired) electrons. The molecule has 0 bridgehead atoms. The monoisotopic (exact) mass is 214 g/mol. The molecule has 0 aliphatic rings. The maximum Gasteiger partial charge on any atom is 0.140 e. The van der Waals surface area contributed by atoms with Gasteiger partial charge in [0.2, 0.25) is 0 Å². The molecule has 0 spiro atoms. The van der Waals surface area contributed by atoms with E-state index in [1.165, 1.54) is 0 Å². The average molecular weight is 214 g/mol. The molecule has 5 nitrogen and oxygen atoms in total. The van der Waals surface area contributed by atoms with Crippen LogP contribution in [0.2, 0.25) is 0 Å². The van der Waals surface area contributed by atoms with Crippen molar-refractivity contribution in [2.24, 2.45) is 0 Å². The second kappa shape index (κ2) is 4.55. The van der Waals surface area contributed by atoms with Crippen LogP contribution in [0.4, 0.5) is 0 Å². The molecule has 2 heterocycles. The predicted octanol–water partition coefficient (Wildman–Crippen LogP) is 0.690. The van der Waals surface area contributed by atoms with Crippen molar-refractivity contribution in [1.29, 1.82) is 5.26 Å². The van der Waals surface area contributed by atoms with Crippen LogP contribution in [0.25, 0.3) is 0 Å². The predicted molar refractivity (Wildman–Crippen MR) is 56.2 cm³/mol. The van der Waals surface area contributed by atoms with Gasteiger partial charge >= 0.3 is 0 Å². The smallest absolute Gasteiger partial charge is 0.140 e. The van der Waals surface area contributed by atoms with Gasteiger partial charge in [-0.25, -0.2) is 9.97 Å². The van der Waals surface area contributed by atoms with Gasteiger partial charge in [-0.1, -0.05) is 0 Å². The van der Waals surface area contributed by atoms with Gasteiger partial charge in [0.1, 0.15) is 11.8 Å². The van der Waals surface area contributed by atoms with Gasteiger partial charge in [-0.05, 0) is 17.7 Å². The van der Waals surface area contributed by atoms with E-state index in [1.54, 1.807) is 24.8 Å². The molecule has 0 unspecified atom stereocenters. The highest BCUT2D eigenvalue weighted by molar-refractivity contribution is 5.25. The second-order valence-corrected chi connectivity index (χ2v) is 3.36. The Hall–Kier alpha value is -2.19. The van der Waals surface area contributed by atoms with Gasteiger partial charge in [-0.15, -0.1) is 0 Å². The number of aromatic nitrogens is 3. The van der Waals surface area contributed by atoms with Crippen molar-refractivity contribution in [2.75, 3.05) is 0 Å². The van der Waals surface area contributed by atoms with Crippen LogP contribution in [-0.4, -0.2) is 19.6 Å². The summed E-state index contributed by atoms with van der Waals surface area (Å²) in [5.41, 5.74) is 2.02. The topological polar surface area (TPSA) is 74.7 Å². The second-order valence-electron chi connectivity index (χ2n) is 3.36. The first-order valence-electron chi connectivity index (χ1n) is 4.78.